The summed E-state index contributed by atoms with van der Waals surface area (Å²) in [6, 6.07) is 4.79. The maximum atomic E-state index is 6.01. The maximum Gasteiger partial charge on any atom is 0.0692 e. The van der Waals surface area contributed by atoms with Gasteiger partial charge in [0.1, 0.15) is 0 Å². The second-order valence-corrected chi connectivity index (χ2v) is 5.62. The Morgan fingerprint density at radius 1 is 1.37 bits per heavy atom. The molecule has 0 bridgehead atoms. The van der Waals surface area contributed by atoms with Crippen LogP contribution in [0.5, 0.6) is 0 Å². The van der Waals surface area contributed by atoms with Crippen molar-refractivity contribution in [3.8, 4) is 0 Å². The van der Waals surface area contributed by atoms with E-state index in [4.69, 9.17) is 4.74 Å². The smallest absolute Gasteiger partial charge is 0.0692 e. The topological polar surface area (TPSA) is 34.2 Å². The Morgan fingerprint density at radius 2 is 2.16 bits per heavy atom. The van der Waals surface area contributed by atoms with Crippen LogP contribution in [-0.4, -0.2) is 23.2 Å². The van der Waals surface area contributed by atoms with Gasteiger partial charge in [-0.05, 0) is 44.2 Å². The summed E-state index contributed by atoms with van der Waals surface area (Å²) in [5.41, 5.74) is 2.43. The Hall–Kier alpha value is -0.930. The van der Waals surface area contributed by atoms with E-state index in [9.17, 15) is 0 Å². The van der Waals surface area contributed by atoms with Crippen molar-refractivity contribution in [2.45, 2.75) is 64.6 Å². The third-order valence-corrected chi connectivity index (χ3v) is 4.35. The van der Waals surface area contributed by atoms with Gasteiger partial charge in [0.15, 0.2) is 0 Å². The van der Waals surface area contributed by atoms with E-state index in [0.29, 0.717) is 6.04 Å². The van der Waals surface area contributed by atoms with Gasteiger partial charge in [-0.1, -0.05) is 19.9 Å². The lowest BCUT2D eigenvalue weighted by Crippen LogP contribution is -2.46. The minimum atomic E-state index is 0.0987. The van der Waals surface area contributed by atoms with E-state index in [-0.39, 0.29) is 5.60 Å². The highest BCUT2D eigenvalue weighted by molar-refractivity contribution is 5.13. The molecule has 1 N–H and O–H groups in total. The molecule has 1 fully saturated rings. The SMILES string of the molecule is CCC1(CC)CC(NCc2ccc(C)nc2)CCO1. The molecular formula is C16H26N2O. The number of hydrogen-bond acceptors (Lipinski definition) is 3. The first-order valence-corrected chi connectivity index (χ1v) is 7.46. The van der Waals surface area contributed by atoms with Crippen molar-refractivity contribution in [2.75, 3.05) is 6.61 Å². The number of rotatable bonds is 5. The molecule has 0 radical (unpaired) electrons. The highest BCUT2D eigenvalue weighted by atomic mass is 16.5. The molecule has 0 amide bonds. The molecule has 2 heterocycles. The van der Waals surface area contributed by atoms with Crippen LogP contribution in [0.4, 0.5) is 0 Å². The van der Waals surface area contributed by atoms with Crippen molar-refractivity contribution in [1.82, 2.24) is 10.3 Å². The summed E-state index contributed by atoms with van der Waals surface area (Å²) in [6.45, 7) is 8.27. The number of ether oxygens (including phenoxy) is 1. The summed E-state index contributed by atoms with van der Waals surface area (Å²) < 4.78 is 6.01. The minimum Gasteiger partial charge on any atom is -0.375 e. The molecule has 0 aromatic carbocycles. The van der Waals surface area contributed by atoms with Crippen molar-refractivity contribution in [2.24, 2.45) is 0 Å². The quantitative estimate of drug-likeness (QED) is 0.884. The summed E-state index contributed by atoms with van der Waals surface area (Å²) in [7, 11) is 0. The molecular weight excluding hydrogens is 236 g/mol. The van der Waals surface area contributed by atoms with Gasteiger partial charge in [-0.15, -0.1) is 0 Å². The zero-order chi connectivity index (χ0) is 13.7. The number of nitrogens with one attached hydrogen (secondary N) is 1. The molecule has 1 aliphatic heterocycles. The molecule has 2 rings (SSSR count). The molecule has 0 spiro atoms. The lowest BCUT2D eigenvalue weighted by Gasteiger charge is -2.40. The summed E-state index contributed by atoms with van der Waals surface area (Å²) in [5, 5.41) is 3.66. The van der Waals surface area contributed by atoms with Gasteiger partial charge < -0.3 is 10.1 Å². The monoisotopic (exact) mass is 262 g/mol. The van der Waals surface area contributed by atoms with Gasteiger partial charge >= 0.3 is 0 Å². The number of aromatic nitrogens is 1. The van der Waals surface area contributed by atoms with Gasteiger partial charge in [0.25, 0.3) is 0 Å². The Bertz CT molecular complexity index is 384. The highest BCUT2D eigenvalue weighted by Gasteiger charge is 2.34. The second-order valence-electron chi connectivity index (χ2n) is 5.62. The van der Waals surface area contributed by atoms with E-state index in [0.717, 1.165) is 44.5 Å². The standard InChI is InChI=1S/C16H26N2O/c1-4-16(5-2)10-15(8-9-19-16)18-12-14-7-6-13(3)17-11-14/h6-7,11,15,18H,4-5,8-10,12H2,1-3H3. The number of hydrogen-bond donors (Lipinski definition) is 1. The van der Waals surface area contributed by atoms with Gasteiger partial charge in [-0.3, -0.25) is 4.98 Å². The lowest BCUT2D eigenvalue weighted by atomic mass is 9.86. The second kappa shape index (κ2) is 6.49. The molecule has 3 heteroatoms. The summed E-state index contributed by atoms with van der Waals surface area (Å²) in [6.07, 6.45) is 6.41. The Balaban J connectivity index is 1.87. The maximum absolute atomic E-state index is 6.01. The Labute approximate surface area is 116 Å². The number of aryl methyl sites for hydroxylation is 1. The molecule has 1 aromatic rings. The molecule has 1 aliphatic rings. The van der Waals surface area contributed by atoms with Crippen LogP contribution in [0.1, 0.15) is 50.8 Å². The van der Waals surface area contributed by atoms with Crippen LogP contribution in [0, 0.1) is 6.92 Å². The van der Waals surface area contributed by atoms with Crippen molar-refractivity contribution < 1.29 is 4.74 Å². The van der Waals surface area contributed by atoms with Gasteiger partial charge in [0.2, 0.25) is 0 Å². The predicted octanol–water partition coefficient (Wildman–Crippen LogP) is 3.22. The van der Waals surface area contributed by atoms with Gasteiger partial charge in [0.05, 0.1) is 5.60 Å². The largest absolute Gasteiger partial charge is 0.375 e. The molecule has 106 valence electrons. The van der Waals surface area contributed by atoms with Crippen LogP contribution in [0.25, 0.3) is 0 Å². The fourth-order valence-corrected chi connectivity index (χ4v) is 2.81. The van der Waals surface area contributed by atoms with Gasteiger partial charge in [-0.2, -0.15) is 0 Å². The normalized spacial score (nSPS) is 22.4. The van der Waals surface area contributed by atoms with E-state index < -0.39 is 0 Å². The molecule has 1 unspecified atom stereocenters. The third kappa shape index (κ3) is 3.77. The first kappa shape index (κ1) is 14.5. The predicted molar refractivity (Wildman–Crippen MR) is 78.1 cm³/mol. The zero-order valence-electron chi connectivity index (χ0n) is 12.4. The van der Waals surface area contributed by atoms with Gasteiger partial charge in [-0.25, -0.2) is 0 Å². The number of nitrogens with zero attached hydrogens (tertiary/aromatic N) is 1. The van der Waals surface area contributed by atoms with Crippen LogP contribution in [0.15, 0.2) is 18.3 Å². The molecule has 1 aromatic heterocycles. The fraction of sp³-hybridized carbons (Fsp3) is 0.688. The van der Waals surface area contributed by atoms with Crippen LogP contribution in [-0.2, 0) is 11.3 Å². The molecule has 1 atom stereocenters. The van der Waals surface area contributed by atoms with Crippen molar-refractivity contribution in [3.63, 3.8) is 0 Å². The van der Waals surface area contributed by atoms with E-state index in [2.05, 4.69) is 36.3 Å². The fourth-order valence-electron chi connectivity index (χ4n) is 2.81. The average Bonchev–Trinajstić information content (AvgIpc) is 2.47. The van der Waals surface area contributed by atoms with E-state index in [1.807, 2.05) is 13.1 Å². The van der Waals surface area contributed by atoms with E-state index in [1.165, 1.54) is 5.56 Å². The first-order chi connectivity index (χ1) is 9.17. The molecule has 0 aliphatic carbocycles. The Kier molecular flexibility index (Phi) is 4.94. The zero-order valence-corrected chi connectivity index (χ0v) is 12.4. The van der Waals surface area contributed by atoms with Gasteiger partial charge in [0, 0.05) is 31.1 Å². The first-order valence-electron chi connectivity index (χ1n) is 7.46. The lowest BCUT2D eigenvalue weighted by molar-refractivity contribution is -0.0932. The van der Waals surface area contributed by atoms with Crippen LogP contribution >= 0.6 is 0 Å². The number of pyridine rings is 1. The minimum absolute atomic E-state index is 0.0987. The van der Waals surface area contributed by atoms with Crippen molar-refractivity contribution in [1.29, 1.82) is 0 Å². The third-order valence-electron chi connectivity index (χ3n) is 4.35. The summed E-state index contributed by atoms with van der Waals surface area (Å²) >= 11 is 0. The average molecular weight is 262 g/mol. The summed E-state index contributed by atoms with van der Waals surface area (Å²) in [5.74, 6) is 0. The Morgan fingerprint density at radius 3 is 2.79 bits per heavy atom. The molecule has 3 nitrogen and oxygen atoms in total. The van der Waals surface area contributed by atoms with Crippen LogP contribution in [0.3, 0.4) is 0 Å². The summed E-state index contributed by atoms with van der Waals surface area (Å²) in [4.78, 5) is 4.34. The van der Waals surface area contributed by atoms with Crippen LogP contribution < -0.4 is 5.32 Å². The molecule has 1 saturated heterocycles. The molecule has 0 saturated carbocycles. The molecule has 19 heavy (non-hydrogen) atoms. The van der Waals surface area contributed by atoms with E-state index in [1.54, 1.807) is 0 Å². The highest BCUT2D eigenvalue weighted by Crippen LogP contribution is 2.31. The van der Waals surface area contributed by atoms with Crippen LogP contribution in [0.2, 0.25) is 0 Å². The van der Waals surface area contributed by atoms with Crippen molar-refractivity contribution >= 4 is 0 Å². The van der Waals surface area contributed by atoms with Crippen molar-refractivity contribution in [3.05, 3.63) is 29.6 Å². The van der Waals surface area contributed by atoms with E-state index >= 15 is 0 Å².